The van der Waals surface area contributed by atoms with Crippen LogP contribution in [0.2, 0.25) is 5.02 Å². The second kappa shape index (κ2) is 13.6. The minimum Gasteiger partial charge on any atom is -0.493 e. The Balaban J connectivity index is 1.41. The van der Waals surface area contributed by atoms with Gasteiger partial charge in [-0.05, 0) is 79.1 Å². The summed E-state index contributed by atoms with van der Waals surface area (Å²) < 4.78 is 33.9. The largest absolute Gasteiger partial charge is 0.493 e. The van der Waals surface area contributed by atoms with Gasteiger partial charge in [-0.25, -0.2) is 23.1 Å². The summed E-state index contributed by atoms with van der Waals surface area (Å²) in [6.45, 7) is 5.60. The molecule has 0 spiro atoms. The normalized spacial score (nSPS) is 15.1. The second-order valence-corrected chi connectivity index (χ2v) is 13.1. The predicted octanol–water partition coefficient (Wildman–Crippen LogP) is 6.41. The van der Waals surface area contributed by atoms with E-state index in [1.165, 1.54) is 18.3 Å². The lowest BCUT2D eigenvalue weighted by atomic mass is 10.0. The Kier molecular flexibility index (Phi) is 9.62. The van der Waals surface area contributed by atoms with Crippen LogP contribution in [0.4, 0.5) is 5.95 Å². The van der Waals surface area contributed by atoms with Crippen molar-refractivity contribution >= 4 is 33.5 Å². The van der Waals surface area contributed by atoms with Gasteiger partial charge in [0, 0.05) is 17.8 Å². The minimum atomic E-state index is -4.07. The predicted molar refractivity (Wildman–Crippen MR) is 168 cm³/mol. The molecule has 1 aliphatic rings. The van der Waals surface area contributed by atoms with Crippen molar-refractivity contribution in [1.82, 2.24) is 14.7 Å². The van der Waals surface area contributed by atoms with E-state index >= 15 is 0 Å². The summed E-state index contributed by atoms with van der Waals surface area (Å²) in [5, 5.41) is 0.673. The van der Waals surface area contributed by atoms with Gasteiger partial charge in [0.05, 0.1) is 28.8 Å². The van der Waals surface area contributed by atoms with Crippen LogP contribution in [0.5, 0.6) is 5.75 Å². The third-order valence-corrected chi connectivity index (χ3v) is 8.90. The number of ether oxygens (including phenoxy) is 1. The molecule has 1 N–H and O–H groups in total. The van der Waals surface area contributed by atoms with Crippen LogP contribution in [0.1, 0.15) is 59.9 Å². The SMILES string of the molecule is CC(C)COc1ccc(CCc2nc(N3CCC[C@@H]3c3ccc(Cl)cc3)ncc2C(=O)NS(=O)(=O)c2ccccc2)cc1. The maximum atomic E-state index is 13.4. The van der Waals surface area contributed by atoms with Gasteiger partial charge in [-0.3, -0.25) is 4.79 Å². The van der Waals surface area contributed by atoms with Gasteiger partial charge in [0.15, 0.2) is 0 Å². The van der Waals surface area contributed by atoms with E-state index in [1.54, 1.807) is 18.2 Å². The number of carbonyl (C=O) groups is 1. The van der Waals surface area contributed by atoms with Crippen molar-refractivity contribution in [3.8, 4) is 5.75 Å². The first-order valence-corrected chi connectivity index (χ1v) is 16.3. The zero-order chi connectivity index (χ0) is 30.4. The number of aryl methyl sites for hydroxylation is 2. The zero-order valence-corrected chi connectivity index (χ0v) is 25.8. The average Bonchev–Trinajstić information content (AvgIpc) is 3.50. The molecule has 0 bridgehead atoms. The van der Waals surface area contributed by atoms with Crippen LogP contribution in [0.25, 0.3) is 0 Å². The van der Waals surface area contributed by atoms with Gasteiger partial charge in [0.1, 0.15) is 5.75 Å². The fourth-order valence-corrected chi connectivity index (χ4v) is 6.19. The molecule has 1 aromatic heterocycles. The standard InChI is InChI=1S/C33H35ClN4O4S/c1-23(2)22-42-27-17-10-24(11-18-27)12-19-30-29(32(39)37-43(40,41)28-7-4-3-5-8-28)21-35-33(36-30)38-20-6-9-31(38)25-13-15-26(34)16-14-25/h3-5,7-8,10-11,13-18,21,23,31H,6,9,12,19-20,22H2,1-2H3,(H,37,39)/t31-/m1/s1. The molecule has 0 unspecified atom stereocenters. The van der Waals surface area contributed by atoms with Crippen molar-refractivity contribution in [2.75, 3.05) is 18.1 Å². The number of halogens is 1. The number of hydrogen-bond acceptors (Lipinski definition) is 7. The van der Waals surface area contributed by atoms with Crippen molar-refractivity contribution in [3.63, 3.8) is 0 Å². The topological polar surface area (TPSA) is 101 Å². The zero-order valence-electron chi connectivity index (χ0n) is 24.2. The molecular weight excluding hydrogens is 584 g/mol. The van der Waals surface area contributed by atoms with Gasteiger partial charge in [0.25, 0.3) is 15.9 Å². The Morgan fingerprint density at radius 3 is 2.44 bits per heavy atom. The molecule has 2 heterocycles. The summed E-state index contributed by atoms with van der Waals surface area (Å²) in [6.07, 6.45) is 4.34. The first-order valence-electron chi connectivity index (χ1n) is 14.4. The Morgan fingerprint density at radius 1 is 1.02 bits per heavy atom. The molecule has 0 aliphatic carbocycles. The van der Waals surface area contributed by atoms with Gasteiger partial charge in [-0.15, -0.1) is 0 Å². The van der Waals surface area contributed by atoms with E-state index in [0.29, 0.717) is 42.0 Å². The van der Waals surface area contributed by atoms with Crippen molar-refractivity contribution in [2.24, 2.45) is 5.92 Å². The molecule has 4 aromatic rings. The Morgan fingerprint density at radius 2 is 1.74 bits per heavy atom. The fraction of sp³-hybridized carbons (Fsp3) is 0.303. The van der Waals surface area contributed by atoms with Crippen molar-refractivity contribution < 1.29 is 17.9 Å². The number of amides is 1. The number of aromatic nitrogens is 2. The highest BCUT2D eigenvalue weighted by Crippen LogP contribution is 2.35. The second-order valence-electron chi connectivity index (χ2n) is 11.0. The highest BCUT2D eigenvalue weighted by molar-refractivity contribution is 7.90. The number of carbonyl (C=O) groups excluding carboxylic acids is 1. The van der Waals surface area contributed by atoms with Crippen LogP contribution in [-0.2, 0) is 22.9 Å². The molecule has 1 atom stereocenters. The Hall–Kier alpha value is -3.95. The molecule has 10 heteroatoms. The van der Waals surface area contributed by atoms with Crippen LogP contribution >= 0.6 is 11.6 Å². The van der Waals surface area contributed by atoms with Crippen LogP contribution in [0.3, 0.4) is 0 Å². The Bertz CT molecular complexity index is 1650. The molecule has 224 valence electrons. The first-order chi connectivity index (χ1) is 20.7. The summed E-state index contributed by atoms with van der Waals surface area (Å²) in [6, 6.07) is 23.5. The minimum absolute atomic E-state index is 0.00471. The van der Waals surface area contributed by atoms with Gasteiger partial charge in [-0.2, -0.15) is 0 Å². The van der Waals surface area contributed by atoms with Crippen LogP contribution in [0, 0.1) is 5.92 Å². The lowest BCUT2D eigenvalue weighted by molar-refractivity contribution is 0.0979. The molecule has 1 fully saturated rings. The highest BCUT2D eigenvalue weighted by atomic mass is 35.5. The molecular formula is C33H35ClN4O4S. The number of nitrogens with zero attached hydrogens (tertiary/aromatic N) is 3. The van der Waals surface area contributed by atoms with Gasteiger partial charge >= 0.3 is 0 Å². The molecule has 1 amide bonds. The van der Waals surface area contributed by atoms with E-state index in [1.807, 2.05) is 48.5 Å². The van der Waals surface area contributed by atoms with Gasteiger partial charge < -0.3 is 9.64 Å². The van der Waals surface area contributed by atoms with Gasteiger partial charge in [-0.1, -0.05) is 67.9 Å². The fourth-order valence-electron chi connectivity index (χ4n) is 5.08. The summed E-state index contributed by atoms with van der Waals surface area (Å²) in [5.74, 6) is 0.970. The molecule has 0 radical (unpaired) electrons. The highest BCUT2D eigenvalue weighted by Gasteiger charge is 2.29. The van der Waals surface area contributed by atoms with E-state index in [2.05, 4.69) is 28.5 Å². The number of hydrogen-bond donors (Lipinski definition) is 1. The van der Waals surface area contributed by atoms with Crippen LogP contribution in [0.15, 0.2) is 90.0 Å². The monoisotopic (exact) mass is 618 g/mol. The number of rotatable bonds is 11. The lowest BCUT2D eigenvalue weighted by Gasteiger charge is -2.26. The molecule has 1 aliphatic heterocycles. The van der Waals surface area contributed by atoms with Gasteiger partial charge in [0.2, 0.25) is 5.95 Å². The van der Waals surface area contributed by atoms with E-state index < -0.39 is 15.9 Å². The molecule has 1 saturated heterocycles. The van der Waals surface area contributed by atoms with E-state index in [0.717, 1.165) is 36.3 Å². The maximum Gasteiger partial charge on any atom is 0.268 e. The summed E-state index contributed by atoms with van der Waals surface area (Å²) in [7, 11) is -4.07. The first kappa shape index (κ1) is 30.5. The molecule has 8 nitrogen and oxygen atoms in total. The van der Waals surface area contributed by atoms with Crippen molar-refractivity contribution in [1.29, 1.82) is 0 Å². The number of benzene rings is 3. The Labute approximate surface area is 258 Å². The third-order valence-electron chi connectivity index (χ3n) is 7.30. The maximum absolute atomic E-state index is 13.4. The number of nitrogens with one attached hydrogen (secondary N) is 1. The van der Waals surface area contributed by atoms with Crippen molar-refractivity contribution in [3.05, 3.63) is 112 Å². The van der Waals surface area contributed by atoms with E-state index in [4.69, 9.17) is 21.3 Å². The number of sulfonamides is 1. The average molecular weight is 619 g/mol. The van der Waals surface area contributed by atoms with Crippen molar-refractivity contribution in [2.45, 2.75) is 50.5 Å². The smallest absolute Gasteiger partial charge is 0.268 e. The van der Waals surface area contributed by atoms with Crippen LogP contribution in [-0.4, -0.2) is 37.4 Å². The summed E-state index contributed by atoms with van der Waals surface area (Å²) >= 11 is 6.12. The third kappa shape index (κ3) is 7.72. The van der Waals surface area contributed by atoms with E-state index in [-0.39, 0.29) is 16.5 Å². The van der Waals surface area contributed by atoms with E-state index in [9.17, 15) is 13.2 Å². The molecule has 5 rings (SSSR count). The van der Waals surface area contributed by atoms with Crippen LogP contribution < -0.4 is 14.4 Å². The molecule has 43 heavy (non-hydrogen) atoms. The quantitative estimate of drug-likeness (QED) is 0.207. The summed E-state index contributed by atoms with van der Waals surface area (Å²) in [4.78, 5) is 24.9. The molecule has 3 aromatic carbocycles. The number of anilines is 1. The lowest BCUT2D eigenvalue weighted by Crippen LogP contribution is -2.32. The molecule has 0 saturated carbocycles. The summed E-state index contributed by atoms with van der Waals surface area (Å²) in [5.41, 5.74) is 2.76.